The van der Waals surface area contributed by atoms with E-state index in [2.05, 4.69) is 13.2 Å². The first kappa shape index (κ1) is 40.9. The molecule has 0 bridgehead atoms. The third-order valence-electron chi connectivity index (χ3n) is 9.19. The number of rotatable bonds is 23. The molecule has 5 aromatic rings. The van der Waals surface area contributed by atoms with E-state index in [9.17, 15) is 0 Å². The van der Waals surface area contributed by atoms with Crippen LogP contribution in [0.3, 0.4) is 0 Å². The predicted molar refractivity (Wildman–Crippen MR) is 216 cm³/mol. The molecule has 5 aromatic carbocycles. The maximum absolute atomic E-state index is 6.82. The summed E-state index contributed by atoms with van der Waals surface area (Å²) in [6, 6.07) is 50.1. The first-order valence-electron chi connectivity index (χ1n) is 19.1. The number of hydrogen-bond donors (Lipinski definition) is 0. The van der Waals surface area contributed by atoms with Gasteiger partial charge in [0.15, 0.2) is 12.6 Å². The van der Waals surface area contributed by atoms with Crippen molar-refractivity contribution >= 4 is 0 Å². The highest BCUT2D eigenvalue weighted by atomic mass is 16.7. The molecule has 1 heterocycles. The molecule has 1 saturated heterocycles. The van der Waals surface area contributed by atoms with Gasteiger partial charge in [0, 0.05) is 0 Å². The van der Waals surface area contributed by atoms with Crippen molar-refractivity contribution in [1.82, 2.24) is 0 Å². The maximum atomic E-state index is 6.82. The van der Waals surface area contributed by atoms with E-state index in [0.29, 0.717) is 39.6 Å². The van der Waals surface area contributed by atoms with Crippen molar-refractivity contribution in [2.75, 3.05) is 19.8 Å². The molecule has 0 amide bonds. The monoisotopic (exact) mass is 756 g/mol. The SMILES string of the molecule is C=C[C@@H](OCC(=C)COCc1ccccc1)OC[C@H]1O[C@@H](OCc2ccccc2)[C@H](OCc2ccccc2)[C@@H](OCc2ccccc2)[C@@H]1OCc1ccccc1. The van der Waals surface area contributed by atoms with Crippen LogP contribution in [0.2, 0.25) is 0 Å². The molecule has 0 N–H and O–H groups in total. The largest absolute Gasteiger partial charge is 0.372 e. The van der Waals surface area contributed by atoms with Crippen molar-refractivity contribution in [3.05, 3.63) is 204 Å². The third kappa shape index (κ3) is 13.2. The average molecular weight is 757 g/mol. The highest BCUT2D eigenvalue weighted by Gasteiger charge is 2.49. The Bertz CT molecular complexity index is 1820. The fourth-order valence-electron chi connectivity index (χ4n) is 6.27. The van der Waals surface area contributed by atoms with E-state index in [1.54, 1.807) is 6.08 Å². The van der Waals surface area contributed by atoms with Gasteiger partial charge in [0.2, 0.25) is 0 Å². The smallest absolute Gasteiger partial charge is 0.187 e. The summed E-state index contributed by atoms with van der Waals surface area (Å²) in [6.45, 7) is 10.5. The summed E-state index contributed by atoms with van der Waals surface area (Å²) in [5.74, 6) is 0. The van der Waals surface area contributed by atoms with Crippen molar-refractivity contribution in [3.8, 4) is 0 Å². The molecule has 56 heavy (non-hydrogen) atoms. The summed E-state index contributed by atoms with van der Waals surface area (Å²) in [5.41, 5.74) is 5.92. The van der Waals surface area contributed by atoms with Crippen molar-refractivity contribution in [2.24, 2.45) is 0 Å². The van der Waals surface area contributed by atoms with E-state index >= 15 is 0 Å². The van der Waals surface area contributed by atoms with Crippen molar-refractivity contribution in [1.29, 1.82) is 0 Å². The molecule has 0 aliphatic carbocycles. The molecule has 0 aromatic heterocycles. The van der Waals surface area contributed by atoms with Gasteiger partial charge in [0.05, 0.1) is 52.9 Å². The van der Waals surface area contributed by atoms with Gasteiger partial charge >= 0.3 is 0 Å². The van der Waals surface area contributed by atoms with Crippen LogP contribution >= 0.6 is 0 Å². The fraction of sp³-hybridized carbons (Fsp3) is 0.292. The van der Waals surface area contributed by atoms with Gasteiger partial charge in [0.1, 0.15) is 24.4 Å². The van der Waals surface area contributed by atoms with E-state index in [-0.39, 0.29) is 13.2 Å². The lowest BCUT2D eigenvalue weighted by Crippen LogP contribution is -2.62. The van der Waals surface area contributed by atoms with Crippen molar-refractivity contribution in [2.45, 2.75) is 70.0 Å². The number of benzene rings is 5. The van der Waals surface area contributed by atoms with Crippen LogP contribution in [0.25, 0.3) is 0 Å². The molecular weight excluding hydrogens is 705 g/mol. The van der Waals surface area contributed by atoms with Gasteiger partial charge in [0.25, 0.3) is 0 Å². The zero-order valence-corrected chi connectivity index (χ0v) is 31.8. The summed E-state index contributed by atoms with van der Waals surface area (Å²) in [6.07, 6.45) is -2.50. The number of ether oxygens (including phenoxy) is 8. The predicted octanol–water partition coefficient (Wildman–Crippen LogP) is 9.00. The molecule has 0 unspecified atom stereocenters. The van der Waals surface area contributed by atoms with Gasteiger partial charge in [-0.2, -0.15) is 0 Å². The van der Waals surface area contributed by atoms with E-state index < -0.39 is 37.0 Å². The minimum atomic E-state index is -0.825. The summed E-state index contributed by atoms with van der Waals surface area (Å²) in [7, 11) is 0. The summed E-state index contributed by atoms with van der Waals surface area (Å²) >= 11 is 0. The Kier molecular flexibility index (Phi) is 16.6. The third-order valence-corrected chi connectivity index (χ3v) is 9.19. The zero-order chi connectivity index (χ0) is 38.6. The van der Waals surface area contributed by atoms with Crippen LogP contribution in [0.15, 0.2) is 176 Å². The van der Waals surface area contributed by atoms with E-state index in [0.717, 1.165) is 33.4 Å². The summed E-state index contributed by atoms with van der Waals surface area (Å²) < 4.78 is 51.9. The minimum absolute atomic E-state index is 0.0922. The standard InChI is InChI=1S/C48H52O8/c1-3-44(50-30-37(2)29-49-31-38-19-9-4-10-20-38)51-36-43-45(52-32-39-21-11-5-12-22-39)46(53-33-40-23-13-6-14-24-40)47(54-34-41-25-15-7-16-26-41)48(56-43)55-35-42-27-17-8-18-28-42/h3-28,43-48H,1-2,29-36H2/t43-,44+,45-,46+,47-,48-/m1/s1. The van der Waals surface area contributed by atoms with Crippen molar-refractivity contribution in [3.63, 3.8) is 0 Å². The molecule has 1 aliphatic heterocycles. The van der Waals surface area contributed by atoms with Gasteiger partial charge in [-0.15, -0.1) is 0 Å². The molecule has 1 fully saturated rings. The van der Waals surface area contributed by atoms with Crippen LogP contribution in [-0.2, 0) is 70.9 Å². The first-order valence-corrected chi connectivity index (χ1v) is 19.1. The second-order valence-electron chi connectivity index (χ2n) is 13.6. The molecule has 6 atom stereocenters. The van der Waals surface area contributed by atoms with Gasteiger partial charge in [-0.25, -0.2) is 0 Å². The Balaban J connectivity index is 1.21. The molecule has 1 aliphatic rings. The summed E-state index contributed by atoms with van der Waals surface area (Å²) in [5, 5.41) is 0. The quantitative estimate of drug-likeness (QED) is 0.0483. The molecule has 8 nitrogen and oxygen atoms in total. The van der Waals surface area contributed by atoms with Gasteiger partial charge < -0.3 is 37.9 Å². The van der Waals surface area contributed by atoms with Crippen LogP contribution in [0, 0.1) is 0 Å². The Morgan fingerprint density at radius 1 is 0.500 bits per heavy atom. The second kappa shape index (κ2) is 22.7. The average Bonchev–Trinajstić information content (AvgIpc) is 3.25. The molecule has 8 heteroatoms. The summed E-state index contributed by atoms with van der Waals surface area (Å²) in [4.78, 5) is 0. The molecule has 0 radical (unpaired) electrons. The molecular formula is C48H52O8. The second-order valence-corrected chi connectivity index (χ2v) is 13.6. The lowest BCUT2D eigenvalue weighted by Gasteiger charge is -2.46. The van der Waals surface area contributed by atoms with Crippen LogP contribution in [0.1, 0.15) is 27.8 Å². The van der Waals surface area contributed by atoms with Gasteiger partial charge in [-0.1, -0.05) is 165 Å². The van der Waals surface area contributed by atoms with Crippen LogP contribution in [-0.4, -0.2) is 56.8 Å². The minimum Gasteiger partial charge on any atom is -0.372 e. The Morgan fingerprint density at radius 2 is 0.911 bits per heavy atom. The van der Waals surface area contributed by atoms with Crippen molar-refractivity contribution < 1.29 is 37.9 Å². The Labute approximate surface area is 331 Å². The Hall–Kier alpha value is -4.74. The van der Waals surface area contributed by atoms with E-state index in [1.807, 2.05) is 152 Å². The highest BCUT2D eigenvalue weighted by Crippen LogP contribution is 2.32. The maximum Gasteiger partial charge on any atom is 0.187 e. The molecule has 0 saturated carbocycles. The van der Waals surface area contributed by atoms with Crippen LogP contribution in [0.5, 0.6) is 0 Å². The lowest BCUT2D eigenvalue weighted by molar-refractivity contribution is -0.333. The van der Waals surface area contributed by atoms with E-state index in [1.165, 1.54) is 0 Å². The van der Waals surface area contributed by atoms with Crippen LogP contribution in [0.4, 0.5) is 0 Å². The van der Waals surface area contributed by atoms with Gasteiger partial charge in [-0.05, 0) is 39.5 Å². The molecule has 0 spiro atoms. The van der Waals surface area contributed by atoms with Crippen LogP contribution < -0.4 is 0 Å². The first-order chi connectivity index (χ1) is 27.6. The van der Waals surface area contributed by atoms with Gasteiger partial charge in [-0.3, -0.25) is 0 Å². The zero-order valence-electron chi connectivity index (χ0n) is 31.8. The lowest BCUT2D eigenvalue weighted by atomic mass is 9.97. The molecule has 292 valence electrons. The highest BCUT2D eigenvalue weighted by molar-refractivity contribution is 5.17. The Morgan fingerprint density at radius 3 is 1.38 bits per heavy atom. The normalized spacial score (nSPS) is 20.0. The number of hydrogen-bond acceptors (Lipinski definition) is 8. The molecule has 6 rings (SSSR count). The van der Waals surface area contributed by atoms with E-state index in [4.69, 9.17) is 37.9 Å². The fourth-order valence-corrected chi connectivity index (χ4v) is 6.27. The topological polar surface area (TPSA) is 73.8 Å².